The quantitative estimate of drug-likeness (QED) is 0.848. The second-order valence-corrected chi connectivity index (χ2v) is 6.24. The van der Waals surface area contributed by atoms with Crippen molar-refractivity contribution in [1.29, 1.82) is 0 Å². The molecule has 3 heteroatoms. The third-order valence-corrected chi connectivity index (χ3v) is 4.62. The van der Waals surface area contributed by atoms with E-state index in [9.17, 15) is 0 Å². The van der Waals surface area contributed by atoms with Crippen molar-refractivity contribution in [3.8, 4) is 0 Å². The van der Waals surface area contributed by atoms with E-state index >= 15 is 0 Å². The molecule has 2 unspecified atom stereocenters. The lowest BCUT2D eigenvalue weighted by atomic mass is 9.89. The first-order valence-corrected chi connectivity index (χ1v) is 7.52. The molecule has 3 rings (SSSR count). The summed E-state index contributed by atoms with van der Waals surface area (Å²) in [6, 6.07) is 12.9. The van der Waals surface area contributed by atoms with E-state index in [-0.39, 0.29) is 6.10 Å². The summed E-state index contributed by atoms with van der Waals surface area (Å²) in [6.45, 7) is 1.74. The zero-order valence-corrected chi connectivity index (χ0v) is 12.2. The number of rotatable bonds is 3. The highest BCUT2D eigenvalue weighted by Crippen LogP contribution is 2.40. The van der Waals surface area contributed by atoms with Crippen molar-refractivity contribution in [2.75, 3.05) is 27.2 Å². The topological polar surface area (TPSA) is 12.5 Å². The van der Waals surface area contributed by atoms with E-state index in [1.807, 2.05) is 11.3 Å². The molecule has 0 saturated carbocycles. The molecule has 1 aliphatic heterocycles. The van der Waals surface area contributed by atoms with Gasteiger partial charge in [-0.1, -0.05) is 30.3 Å². The normalized spacial score (nSPS) is 22.5. The predicted octanol–water partition coefficient (Wildman–Crippen LogP) is 3.51. The smallest absolute Gasteiger partial charge is 0.105 e. The summed E-state index contributed by atoms with van der Waals surface area (Å²) in [7, 11) is 4.19. The van der Waals surface area contributed by atoms with Crippen LogP contribution in [0, 0.1) is 0 Å². The van der Waals surface area contributed by atoms with Gasteiger partial charge in [-0.05, 0) is 36.7 Å². The average molecular weight is 273 g/mol. The van der Waals surface area contributed by atoms with Crippen LogP contribution < -0.4 is 0 Å². The number of nitrogens with zero attached hydrogens (tertiary/aromatic N) is 1. The van der Waals surface area contributed by atoms with E-state index in [1.165, 1.54) is 16.0 Å². The van der Waals surface area contributed by atoms with E-state index in [0.717, 1.165) is 13.2 Å². The Morgan fingerprint density at radius 3 is 2.74 bits per heavy atom. The molecule has 1 aromatic heterocycles. The van der Waals surface area contributed by atoms with E-state index in [1.54, 1.807) is 0 Å². The van der Waals surface area contributed by atoms with Gasteiger partial charge in [0.1, 0.15) is 6.10 Å². The lowest BCUT2D eigenvalue weighted by Gasteiger charge is -2.31. The first kappa shape index (κ1) is 12.9. The van der Waals surface area contributed by atoms with Crippen LogP contribution in [0.25, 0.3) is 0 Å². The maximum absolute atomic E-state index is 6.11. The number of hydrogen-bond donors (Lipinski definition) is 0. The molecule has 0 saturated heterocycles. The van der Waals surface area contributed by atoms with Gasteiger partial charge in [0, 0.05) is 17.3 Å². The van der Waals surface area contributed by atoms with Gasteiger partial charge < -0.3 is 9.64 Å². The molecule has 0 N–H and O–H groups in total. The average Bonchev–Trinajstić information content (AvgIpc) is 2.89. The highest BCUT2D eigenvalue weighted by Gasteiger charge is 2.30. The number of ether oxygens (including phenoxy) is 1. The molecule has 2 nitrogen and oxygen atoms in total. The van der Waals surface area contributed by atoms with Crippen LogP contribution >= 0.6 is 11.3 Å². The van der Waals surface area contributed by atoms with E-state index < -0.39 is 0 Å². The molecule has 0 amide bonds. The molecular weight excluding hydrogens is 254 g/mol. The molecule has 0 radical (unpaired) electrons. The third kappa shape index (κ3) is 2.59. The molecule has 1 aliphatic rings. The molecule has 19 heavy (non-hydrogen) atoms. The van der Waals surface area contributed by atoms with E-state index in [2.05, 4.69) is 60.8 Å². The van der Waals surface area contributed by atoms with Gasteiger partial charge in [0.2, 0.25) is 0 Å². The minimum atomic E-state index is 0.227. The van der Waals surface area contributed by atoms with Crippen molar-refractivity contribution in [1.82, 2.24) is 4.90 Å². The second kappa shape index (κ2) is 5.45. The Morgan fingerprint density at radius 1 is 1.21 bits per heavy atom. The Hall–Kier alpha value is -1.16. The lowest BCUT2D eigenvalue weighted by molar-refractivity contribution is 0.0208. The Kier molecular flexibility index (Phi) is 3.69. The minimum absolute atomic E-state index is 0.227. The highest BCUT2D eigenvalue weighted by atomic mass is 32.1. The van der Waals surface area contributed by atoms with Gasteiger partial charge in [-0.15, -0.1) is 11.3 Å². The zero-order valence-electron chi connectivity index (χ0n) is 11.4. The third-order valence-electron chi connectivity index (χ3n) is 3.59. The highest BCUT2D eigenvalue weighted by molar-refractivity contribution is 7.10. The summed E-state index contributed by atoms with van der Waals surface area (Å²) in [5.74, 6) is 0.390. The van der Waals surface area contributed by atoms with Crippen molar-refractivity contribution >= 4 is 11.3 Å². The lowest BCUT2D eigenvalue weighted by Crippen LogP contribution is -2.28. The predicted molar refractivity (Wildman–Crippen MR) is 79.9 cm³/mol. The van der Waals surface area contributed by atoms with Crippen LogP contribution in [-0.2, 0) is 4.74 Å². The van der Waals surface area contributed by atoms with Crippen LogP contribution in [0.15, 0.2) is 41.8 Å². The summed E-state index contributed by atoms with van der Waals surface area (Å²) in [4.78, 5) is 3.59. The number of fused-ring (bicyclic) bond motifs is 1. The maximum atomic E-state index is 6.11. The molecule has 2 atom stereocenters. The fraction of sp³-hybridized carbons (Fsp3) is 0.375. The van der Waals surface area contributed by atoms with Crippen molar-refractivity contribution in [2.45, 2.75) is 12.0 Å². The molecule has 2 heterocycles. The van der Waals surface area contributed by atoms with Crippen molar-refractivity contribution < 1.29 is 4.74 Å². The van der Waals surface area contributed by atoms with Gasteiger partial charge >= 0.3 is 0 Å². The SMILES string of the molecule is CN(C)CC1OCC(c2ccccc2)c2ccsc21. The Labute approximate surface area is 118 Å². The van der Waals surface area contributed by atoms with Gasteiger partial charge in [-0.3, -0.25) is 0 Å². The fourth-order valence-corrected chi connectivity index (χ4v) is 3.69. The van der Waals surface area contributed by atoms with Gasteiger partial charge in [-0.2, -0.15) is 0 Å². The Balaban J connectivity index is 1.91. The molecule has 0 spiro atoms. The van der Waals surface area contributed by atoms with Gasteiger partial charge in [-0.25, -0.2) is 0 Å². The van der Waals surface area contributed by atoms with Gasteiger partial charge in [0.05, 0.1) is 6.61 Å². The summed E-state index contributed by atoms with van der Waals surface area (Å²) in [5, 5.41) is 2.19. The fourth-order valence-electron chi connectivity index (χ4n) is 2.69. The summed E-state index contributed by atoms with van der Waals surface area (Å²) < 4.78 is 6.11. The number of benzene rings is 1. The van der Waals surface area contributed by atoms with Crippen molar-refractivity contribution in [3.63, 3.8) is 0 Å². The summed E-state index contributed by atoms with van der Waals surface area (Å²) >= 11 is 1.82. The van der Waals surface area contributed by atoms with Crippen LogP contribution in [0.3, 0.4) is 0 Å². The number of hydrogen-bond acceptors (Lipinski definition) is 3. The molecule has 0 aliphatic carbocycles. The first-order chi connectivity index (χ1) is 9.25. The zero-order chi connectivity index (χ0) is 13.2. The summed E-state index contributed by atoms with van der Waals surface area (Å²) in [5.41, 5.74) is 2.81. The monoisotopic (exact) mass is 273 g/mol. The van der Waals surface area contributed by atoms with Gasteiger partial charge in [0.15, 0.2) is 0 Å². The van der Waals surface area contributed by atoms with Crippen LogP contribution in [0.5, 0.6) is 0 Å². The standard InChI is InChI=1S/C16H19NOS/c1-17(2)10-15-16-13(8-9-19-16)14(11-18-15)12-6-4-3-5-7-12/h3-9,14-15H,10-11H2,1-2H3. The molecule has 100 valence electrons. The van der Waals surface area contributed by atoms with Gasteiger partial charge in [0.25, 0.3) is 0 Å². The largest absolute Gasteiger partial charge is 0.370 e. The Morgan fingerprint density at radius 2 is 2.00 bits per heavy atom. The first-order valence-electron chi connectivity index (χ1n) is 6.64. The number of likely N-dealkylation sites (N-methyl/N-ethyl adjacent to an activating group) is 1. The maximum Gasteiger partial charge on any atom is 0.105 e. The molecule has 0 fully saturated rings. The van der Waals surface area contributed by atoms with E-state index in [4.69, 9.17) is 4.74 Å². The van der Waals surface area contributed by atoms with Crippen LogP contribution in [0.1, 0.15) is 28.0 Å². The molecular formula is C16H19NOS. The van der Waals surface area contributed by atoms with Crippen LogP contribution in [0.2, 0.25) is 0 Å². The molecule has 2 aromatic rings. The molecule has 0 bridgehead atoms. The second-order valence-electron chi connectivity index (χ2n) is 5.29. The van der Waals surface area contributed by atoms with Crippen LogP contribution in [-0.4, -0.2) is 32.1 Å². The van der Waals surface area contributed by atoms with Crippen LogP contribution in [0.4, 0.5) is 0 Å². The summed E-state index contributed by atoms with van der Waals surface area (Å²) in [6.07, 6.45) is 0.227. The minimum Gasteiger partial charge on any atom is -0.370 e. The van der Waals surface area contributed by atoms with E-state index in [0.29, 0.717) is 5.92 Å². The van der Waals surface area contributed by atoms with Crippen molar-refractivity contribution in [3.05, 3.63) is 57.8 Å². The van der Waals surface area contributed by atoms with Crippen molar-refractivity contribution in [2.24, 2.45) is 0 Å². The molecule has 1 aromatic carbocycles. The Bertz CT molecular complexity index is 535. The number of thiophene rings is 1.